The number of rotatable bonds is 2. The number of hydrogen-bond acceptors (Lipinski definition) is 3. The topological polar surface area (TPSA) is 56.2 Å². The first kappa shape index (κ1) is 10.1. The molecule has 0 radical (unpaired) electrons. The second-order valence-electron chi connectivity index (χ2n) is 4.08. The molecule has 0 aliphatic carbocycles. The van der Waals surface area contributed by atoms with Gasteiger partial charge in [-0.15, -0.1) is 0 Å². The molecule has 0 saturated carbocycles. The van der Waals surface area contributed by atoms with E-state index in [9.17, 15) is 0 Å². The van der Waals surface area contributed by atoms with E-state index < -0.39 is 0 Å². The summed E-state index contributed by atoms with van der Waals surface area (Å²) < 4.78 is 1.84. The molecule has 0 unspecified atom stereocenters. The highest BCUT2D eigenvalue weighted by Gasteiger charge is 2.11. The molecule has 2 aromatic heterocycles. The van der Waals surface area contributed by atoms with E-state index in [2.05, 4.69) is 23.9 Å². The van der Waals surface area contributed by atoms with Gasteiger partial charge >= 0.3 is 0 Å². The number of aryl methyl sites for hydroxylation is 1. The molecule has 2 N–H and O–H groups in total. The van der Waals surface area contributed by atoms with Crippen molar-refractivity contribution >= 4 is 5.65 Å². The first-order valence-electron chi connectivity index (χ1n) is 5.17. The Morgan fingerprint density at radius 2 is 2.20 bits per heavy atom. The van der Waals surface area contributed by atoms with E-state index >= 15 is 0 Å². The van der Waals surface area contributed by atoms with Crippen LogP contribution in [0.15, 0.2) is 12.3 Å². The molecule has 2 heterocycles. The molecule has 2 aromatic rings. The normalized spacial score (nSPS) is 11.5. The molecule has 15 heavy (non-hydrogen) atoms. The van der Waals surface area contributed by atoms with Gasteiger partial charge in [0.1, 0.15) is 0 Å². The molecule has 0 fully saturated rings. The van der Waals surface area contributed by atoms with Crippen LogP contribution in [0.5, 0.6) is 0 Å². The molecule has 0 atom stereocenters. The van der Waals surface area contributed by atoms with Gasteiger partial charge < -0.3 is 5.73 Å². The van der Waals surface area contributed by atoms with E-state index in [1.807, 2.05) is 23.7 Å². The van der Waals surface area contributed by atoms with Gasteiger partial charge in [0.05, 0.1) is 11.9 Å². The SMILES string of the molecule is Cc1cc(CN)n2ncc(C(C)C)c2n1. The van der Waals surface area contributed by atoms with Gasteiger partial charge in [-0.1, -0.05) is 13.8 Å². The summed E-state index contributed by atoms with van der Waals surface area (Å²) in [7, 11) is 0. The highest BCUT2D eigenvalue weighted by Crippen LogP contribution is 2.19. The van der Waals surface area contributed by atoms with Crippen LogP contribution in [0.4, 0.5) is 0 Å². The van der Waals surface area contributed by atoms with Crippen LogP contribution >= 0.6 is 0 Å². The zero-order valence-corrected chi connectivity index (χ0v) is 9.36. The maximum Gasteiger partial charge on any atom is 0.158 e. The molecule has 0 aliphatic heterocycles. The average Bonchev–Trinajstić information content (AvgIpc) is 2.59. The van der Waals surface area contributed by atoms with Crippen molar-refractivity contribution in [2.45, 2.75) is 33.2 Å². The maximum atomic E-state index is 5.68. The first-order chi connectivity index (χ1) is 7.13. The van der Waals surface area contributed by atoms with Crippen molar-refractivity contribution in [3.8, 4) is 0 Å². The molecule has 0 aliphatic rings. The maximum absolute atomic E-state index is 5.68. The van der Waals surface area contributed by atoms with E-state index in [0.29, 0.717) is 12.5 Å². The number of nitrogens with two attached hydrogens (primary N) is 1. The van der Waals surface area contributed by atoms with Crippen LogP contribution in [0.25, 0.3) is 5.65 Å². The molecule has 0 saturated heterocycles. The zero-order chi connectivity index (χ0) is 11.0. The van der Waals surface area contributed by atoms with Crippen molar-refractivity contribution in [2.24, 2.45) is 5.73 Å². The van der Waals surface area contributed by atoms with Crippen LogP contribution < -0.4 is 5.73 Å². The van der Waals surface area contributed by atoms with Gasteiger partial charge in [0.2, 0.25) is 0 Å². The number of hydrogen-bond donors (Lipinski definition) is 1. The Balaban J connectivity index is 2.75. The van der Waals surface area contributed by atoms with E-state index in [1.54, 1.807) is 0 Å². The lowest BCUT2D eigenvalue weighted by atomic mass is 10.1. The van der Waals surface area contributed by atoms with E-state index in [4.69, 9.17) is 5.73 Å². The zero-order valence-electron chi connectivity index (χ0n) is 9.36. The standard InChI is InChI=1S/C11H16N4/c1-7(2)10-6-13-15-9(5-12)4-8(3)14-11(10)15/h4,6-7H,5,12H2,1-3H3. The van der Waals surface area contributed by atoms with Crippen molar-refractivity contribution in [2.75, 3.05) is 0 Å². The Hall–Kier alpha value is -1.42. The summed E-state index contributed by atoms with van der Waals surface area (Å²) in [6.45, 7) is 6.75. The fourth-order valence-electron chi connectivity index (χ4n) is 1.73. The predicted molar refractivity (Wildman–Crippen MR) is 59.7 cm³/mol. The Labute approximate surface area is 89.1 Å². The molecule has 0 amide bonds. The molecule has 4 nitrogen and oxygen atoms in total. The van der Waals surface area contributed by atoms with Crippen molar-refractivity contribution in [1.82, 2.24) is 14.6 Å². The molecule has 0 bridgehead atoms. The molecule has 2 rings (SSSR count). The van der Waals surface area contributed by atoms with Crippen LogP contribution in [0.2, 0.25) is 0 Å². The lowest BCUT2D eigenvalue weighted by molar-refractivity contribution is 0.826. The molecular formula is C11H16N4. The summed E-state index contributed by atoms with van der Waals surface area (Å²) in [6, 6.07) is 1.98. The molecule has 4 heteroatoms. The van der Waals surface area contributed by atoms with Crippen LogP contribution in [0.1, 0.15) is 36.7 Å². The van der Waals surface area contributed by atoms with Crippen LogP contribution in [0, 0.1) is 6.92 Å². The largest absolute Gasteiger partial charge is 0.325 e. The Bertz CT molecular complexity index is 485. The van der Waals surface area contributed by atoms with Gasteiger partial charge in [0.15, 0.2) is 5.65 Å². The molecule has 0 spiro atoms. The highest BCUT2D eigenvalue weighted by atomic mass is 15.3. The average molecular weight is 204 g/mol. The van der Waals surface area contributed by atoms with E-state index in [0.717, 1.165) is 17.0 Å². The van der Waals surface area contributed by atoms with Crippen molar-refractivity contribution in [3.63, 3.8) is 0 Å². The van der Waals surface area contributed by atoms with Crippen molar-refractivity contribution < 1.29 is 0 Å². The summed E-state index contributed by atoms with van der Waals surface area (Å²) in [4.78, 5) is 4.51. The Morgan fingerprint density at radius 1 is 1.47 bits per heavy atom. The first-order valence-corrected chi connectivity index (χ1v) is 5.17. The lowest BCUT2D eigenvalue weighted by Gasteiger charge is -2.05. The van der Waals surface area contributed by atoms with Gasteiger partial charge in [-0.05, 0) is 18.9 Å². The summed E-state index contributed by atoms with van der Waals surface area (Å²) in [6.07, 6.45) is 1.88. The quantitative estimate of drug-likeness (QED) is 0.808. The number of aromatic nitrogens is 3. The fourth-order valence-corrected chi connectivity index (χ4v) is 1.73. The minimum Gasteiger partial charge on any atom is -0.325 e. The van der Waals surface area contributed by atoms with E-state index in [1.165, 1.54) is 5.56 Å². The third-order valence-electron chi connectivity index (χ3n) is 2.53. The third kappa shape index (κ3) is 1.61. The smallest absolute Gasteiger partial charge is 0.158 e. The number of nitrogens with zero attached hydrogens (tertiary/aromatic N) is 3. The summed E-state index contributed by atoms with van der Waals surface area (Å²) in [5.74, 6) is 0.433. The van der Waals surface area contributed by atoms with Gasteiger partial charge in [-0.25, -0.2) is 9.50 Å². The van der Waals surface area contributed by atoms with Crippen LogP contribution in [0.3, 0.4) is 0 Å². The number of fused-ring (bicyclic) bond motifs is 1. The third-order valence-corrected chi connectivity index (χ3v) is 2.53. The Morgan fingerprint density at radius 3 is 2.80 bits per heavy atom. The minimum atomic E-state index is 0.433. The molecular weight excluding hydrogens is 188 g/mol. The van der Waals surface area contributed by atoms with Crippen LogP contribution in [-0.4, -0.2) is 14.6 Å². The monoisotopic (exact) mass is 204 g/mol. The highest BCUT2D eigenvalue weighted by molar-refractivity contribution is 5.49. The van der Waals surface area contributed by atoms with Gasteiger partial charge in [0, 0.05) is 17.8 Å². The van der Waals surface area contributed by atoms with Crippen molar-refractivity contribution in [3.05, 3.63) is 29.2 Å². The minimum absolute atomic E-state index is 0.433. The van der Waals surface area contributed by atoms with Gasteiger partial charge in [-0.2, -0.15) is 5.10 Å². The lowest BCUT2D eigenvalue weighted by Crippen LogP contribution is -2.07. The second-order valence-corrected chi connectivity index (χ2v) is 4.08. The summed E-state index contributed by atoms with van der Waals surface area (Å²) in [5, 5.41) is 4.33. The van der Waals surface area contributed by atoms with Crippen molar-refractivity contribution in [1.29, 1.82) is 0 Å². The molecule has 80 valence electrons. The molecule has 0 aromatic carbocycles. The second kappa shape index (κ2) is 3.62. The fraction of sp³-hybridized carbons (Fsp3) is 0.455. The van der Waals surface area contributed by atoms with Gasteiger partial charge in [0.25, 0.3) is 0 Å². The summed E-state index contributed by atoms with van der Waals surface area (Å²) >= 11 is 0. The van der Waals surface area contributed by atoms with Gasteiger partial charge in [-0.3, -0.25) is 0 Å². The van der Waals surface area contributed by atoms with E-state index in [-0.39, 0.29) is 0 Å². The Kier molecular flexibility index (Phi) is 2.44. The summed E-state index contributed by atoms with van der Waals surface area (Å²) in [5.41, 5.74) is 9.79. The van der Waals surface area contributed by atoms with Crippen LogP contribution in [-0.2, 0) is 6.54 Å². The predicted octanol–water partition coefficient (Wildman–Crippen LogP) is 1.62.